The minimum atomic E-state index is 0.381. The summed E-state index contributed by atoms with van der Waals surface area (Å²) in [7, 11) is 6.23. The van der Waals surface area contributed by atoms with Crippen LogP contribution < -0.4 is 20.7 Å². The Bertz CT molecular complexity index is 1250. The van der Waals surface area contributed by atoms with E-state index in [0.717, 1.165) is 55.9 Å². The molecular formula is C29H38N8O. The number of rotatable bonds is 11. The molecule has 200 valence electrons. The van der Waals surface area contributed by atoms with Crippen LogP contribution in [-0.4, -0.2) is 79.9 Å². The zero-order chi connectivity index (χ0) is 27.1. The van der Waals surface area contributed by atoms with Gasteiger partial charge in [0.15, 0.2) is 12.1 Å². The molecule has 1 fully saturated rings. The van der Waals surface area contributed by atoms with Crippen molar-refractivity contribution in [3.05, 3.63) is 78.0 Å². The molecule has 2 aromatic carbocycles. The Hall–Kier alpha value is -3.79. The van der Waals surface area contributed by atoms with Crippen LogP contribution in [0.1, 0.15) is 21.5 Å². The van der Waals surface area contributed by atoms with Gasteiger partial charge in [-0.15, -0.1) is 6.58 Å². The SMILES string of the molecule is C=CCNN(c1cccc(CN(C)C)c1)c1nc(Nc2ccc(N3CCN(C)CC3)c(C)c2)ncc1C=O. The quantitative estimate of drug-likeness (QED) is 0.224. The molecule has 0 aliphatic carbocycles. The maximum Gasteiger partial charge on any atom is 0.229 e. The summed E-state index contributed by atoms with van der Waals surface area (Å²) in [5.41, 5.74) is 9.05. The summed E-state index contributed by atoms with van der Waals surface area (Å²) in [4.78, 5) is 28.1. The fraction of sp³-hybridized carbons (Fsp3) is 0.345. The van der Waals surface area contributed by atoms with Crippen molar-refractivity contribution >= 4 is 35.1 Å². The first-order chi connectivity index (χ1) is 18.4. The number of hydrogen-bond acceptors (Lipinski definition) is 9. The van der Waals surface area contributed by atoms with Crippen molar-refractivity contribution in [1.29, 1.82) is 0 Å². The molecule has 38 heavy (non-hydrogen) atoms. The van der Waals surface area contributed by atoms with Crippen molar-refractivity contribution in [1.82, 2.24) is 25.2 Å². The van der Waals surface area contributed by atoms with E-state index in [0.29, 0.717) is 23.9 Å². The monoisotopic (exact) mass is 514 g/mol. The van der Waals surface area contributed by atoms with Crippen LogP contribution >= 0.6 is 0 Å². The minimum Gasteiger partial charge on any atom is -0.369 e. The molecule has 1 aromatic heterocycles. The molecule has 1 aliphatic rings. The predicted molar refractivity (Wildman–Crippen MR) is 156 cm³/mol. The van der Waals surface area contributed by atoms with Crippen LogP contribution in [0.25, 0.3) is 0 Å². The number of piperazine rings is 1. The van der Waals surface area contributed by atoms with Gasteiger partial charge in [0.25, 0.3) is 0 Å². The van der Waals surface area contributed by atoms with Crippen LogP contribution in [0.2, 0.25) is 0 Å². The lowest BCUT2D eigenvalue weighted by atomic mass is 10.1. The first-order valence-corrected chi connectivity index (χ1v) is 12.9. The van der Waals surface area contributed by atoms with Crippen molar-refractivity contribution in [3.63, 3.8) is 0 Å². The third kappa shape index (κ3) is 6.74. The molecule has 0 spiro atoms. The number of anilines is 5. The van der Waals surface area contributed by atoms with Gasteiger partial charge >= 0.3 is 0 Å². The molecule has 0 amide bonds. The summed E-state index contributed by atoms with van der Waals surface area (Å²) >= 11 is 0. The number of aromatic nitrogens is 2. The highest BCUT2D eigenvalue weighted by Gasteiger charge is 2.19. The third-order valence-corrected chi connectivity index (χ3v) is 6.49. The summed E-state index contributed by atoms with van der Waals surface area (Å²) in [6.07, 6.45) is 4.10. The fourth-order valence-corrected chi connectivity index (χ4v) is 4.57. The fourth-order valence-electron chi connectivity index (χ4n) is 4.57. The number of aryl methyl sites for hydroxylation is 1. The van der Waals surface area contributed by atoms with Gasteiger partial charge in [-0.2, -0.15) is 4.98 Å². The molecule has 0 saturated carbocycles. The van der Waals surface area contributed by atoms with Crippen molar-refractivity contribution < 1.29 is 4.79 Å². The molecule has 2 N–H and O–H groups in total. The maximum absolute atomic E-state index is 12.0. The molecule has 1 aliphatic heterocycles. The second-order valence-electron chi connectivity index (χ2n) is 9.90. The van der Waals surface area contributed by atoms with E-state index in [1.807, 2.05) is 31.2 Å². The van der Waals surface area contributed by atoms with Crippen LogP contribution in [-0.2, 0) is 6.54 Å². The number of carbonyl (C=O) groups is 1. The number of hydrazine groups is 1. The number of hydrogen-bond donors (Lipinski definition) is 2. The molecule has 2 heterocycles. The average molecular weight is 515 g/mol. The van der Waals surface area contributed by atoms with E-state index in [-0.39, 0.29) is 0 Å². The van der Waals surface area contributed by atoms with Crippen LogP contribution in [0.4, 0.5) is 28.8 Å². The van der Waals surface area contributed by atoms with Gasteiger partial charge in [-0.3, -0.25) is 9.80 Å². The van der Waals surface area contributed by atoms with E-state index in [1.165, 1.54) is 11.3 Å². The molecule has 0 atom stereocenters. The second-order valence-corrected chi connectivity index (χ2v) is 9.90. The first-order valence-electron chi connectivity index (χ1n) is 12.9. The lowest BCUT2D eigenvalue weighted by molar-refractivity contribution is 0.112. The van der Waals surface area contributed by atoms with Crippen LogP contribution in [0.3, 0.4) is 0 Å². The molecule has 9 heteroatoms. The number of nitrogens with zero attached hydrogens (tertiary/aromatic N) is 6. The van der Waals surface area contributed by atoms with E-state index in [4.69, 9.17) is 4.98 Å². The Morgan fingerprint density at radius 3 is 2.58 bits per heavy atom. The molecule has 0 bridgehead atoms. The molecule has 9 nitrogen and oxygen atoms in total. The van der Waals surface area contributed by atoms with Crippen LogP contribution in [0.5, 0.6) is 0 Å². The van der Waals surface area contributed by atoms with Gasteiger partial charge in [-0.05, 0) is 69.5 Å². The number of aldehydes is 1. The minimum absolute atomic E-state index is 0.381. The zero-order valence-corrected chi connectivity index (χ0v) is 22.8. The largest absolute Gasteiger partial charge is 0.369 e. The Kier molecular flexibility index (Phi) is 9.06. The predicted octanol–water partition coefficient (Wildman–Crippen LogP) is 3.98. The van der Waals surface area contributed by atoms with Crippen molar-refractivity contribution in [2.24, 2.45) is 0 Å². The lowest BCUT2D eigenvalue weighted by Gasteiger charge is -2.35. The van der Waals surface area contributed by atoms with E-state index >= 15 is 0 Å². The van der Waals surface area contributed by atoms with Gasteiger partial charge in [0.2, 0.25) is 5.95 Å². The zero-order valence-electron chi connectivity index (χ0n) is 22.8. The van der Waals surface area contributed by atoms with Gasteiger partial charge < -0.3 is 20.0 Å². The summed E-state index contributed by atoms with van der Waals surface area (Å²) in [6, 6.07) is 14.5. The molecule has 0 unspecified atom stereocenters. The molecule has 0 radical (unpaired) electrons. The van der Waals surface area contributed by atoms with Crippen LogP contribution in [0.15, 0.2) is 61.3 Å². The molecule has 4 rings (SSSR count). The Labute approximate surface area is 225 Å². The molecular weight excluding hydrogens is 476 g/mol. The second kappa shape index (κ2) is 12.6. The standard InChI is InChI=1S/C29H38N8O/c1-6-12-31-37(26-9-7-8-23(18-26)20-34(3)4)28-24(21-38)19-30-29(33-28)32-25-10-11-27(22(2)17-25)36-15-13-35(5)14-16-36/h6-11,17-19,21,31H,1,12-16,20H2,2-5H3,(H,30,32,33). The van der Waals surface area contributed by atoms with Crippen molar-refractivity contribution in [3.8, 4) is 0 Å². The van der Waals surface area contributed by atoms with Gasteiger partial charge in [0, 0.05) is 56.8 Å². The number of benzene rings is 2. The normalized spacial score (nSPS) is 14.0. The van der Waals surface area contributed by atoms with E-state index in [9.17, 15) is 4.79 Å². The lowest BCUT2D eigenvalue weighted by Crippen LogP contribution is -2.44. The van der Waals surface area contributed by atoms with Gasteiger partial charge in [-0.25, -0.2) is 10.4 Å². The number of carbonyl (C=O) groups excluding carboxylic acids is 1. The Morgan fingerprint density at radius 2 is 1.89 bits per heavy atom. The van der Waals surface area contributed by atoms with E-state index in [1.54, 1.807) is 12.3 Å². The third-order valence-electron chi connectivity index (χ3n) is 6.49. The smallest absolute Gasteiger partial charge is 0.229 e. The van der Waals surface area contributed by atoms with Gasteiger partial charge in [-0.1, -0.05) is 18.2 Å². The van der Waals surface area contributed by atoms with Gasteiger partial charge in [0.05, 0.1) is 11.3 Å². The molecule has 3 aromatic rings. The highest BCUT2D eigenvalue weighted by atomic mass is 16.1. The summed E-state index contributed by atoms with van der Waals surface area (Å²) in [6.45, 7) is 11.4. The summed E-state index contributed by atoms with van der Waals surface area (Å²) in [5.74, 6) is 0.874. The number of nitrogens with one attached hydrogen (secondary N) is 2. The average Bonchev–Trinajstić information content (AvgIpc) is 2.90. The summed E-state index contributed by atoms with van der Waals surface area (Å²) in [5, 5.41) is 5.15. The van der Waals surface area contributed by atoms with Crippen LogP contribution in [0, 0.1) is 6.92 Å². The Balaban J connectivity index is 1.62. The van der Waals surface area contributed by atoms with Gasteiger partial charge in [0.1, 0.15) is 0 Å². The number of likely N-dealkylation sites (N-methyl/N-ethyl adjacent to an activating group) is 1. The summed E-state index contributed by atoms with van der Waals surface area (Å²) < 4.78 is 0. The highest BCUT2D eigenvalue weighted by molar-refractivity contribution is 5.85. The molecule has 1 saturated heterocycles. The highest BCUT2D eigenvalue weighted by Crippen LogP contribution is 2.29. The van der Waals surface area contributed by atoms with Crippen molar-refractivity contribution in [2.75, 3.05) is 69.1 Å². The Morgan fingerprint density at radius 1 is 1.11 bits per heavy atom. The topological polar surface area (TPSA) is 79.9 Å². The van der Waals surface area contributed by atoms with E-state index in [2.05, 4.69) is 81.3 Å². The first kappa shape index (κ1) is 27.3. The van der Waals surface area contributed by atoms with E-state index < -0.39 is 0 Å². The maximum atomic E-state index is 12.0. The van der Waals surface area contributed by atoms with Crippen molar-refractivity contribution in [2.45, 2.75) is 13.5 Å².